The third kappa shape index (κ3) is 5.30. The first-order valence-corrected chi connectivity index (χ1v) is 8.15. The van der Waals surface area contributed by atoms with Crippen molar-refractivity contribution in [1.82, 2.24) is 4.72 Å². The monoisotopic (exact) mass is 349 g/mol. The highest BCUT2D eigenvalue weighted by Crippen LogP contribution is 2.20. The molecule has 0 bridgehead atoms. The van der Waals surface area contributed by atoms with Gasteiger partial charge in [0.25, 0.3) is 0 Å². The first-order chi connectivity index (χ1) is 8.97. The van der Waals surface area contributed by atoms with Crippen LogP contribution in [-0.4, -0.2) is 27.5 Å². The van der Waals surface area contributed by atoms with Gasteiger partial charge in [-0.05, 0) is 41.4 Å². The minimum Gasteiger partial charge on any atom is -0.466 e. The molecule has 1 aromatic carbocycles. The highest BCUT2D eigenvalue weighted by atomic mass is 79.9. The molecule has 0 aliphatic heterocycles. The smallest absolute Gasteiger partial charge is 0.305 e. The zero-order chi connectivity index (χ0) is 14.3. The maximum atomic E-state index is 12.0. The number of hydrogen-bond donors (Lipinski definition) is 1. The van der Waals surface area contributed by atoms with E-state index in [9.17, 15) is 13.2 Å². The Labute approximate surface area is 121 Å². The number of carbonyl (C=O) groups excluding carboxylic acids is 1. The molecule has 106 valence electrons. The van der Waals surface area contributed by atoms with Gasteiger partial charge in [0.2, 0.25) is 10.0 Å². The van der Waals surface area contributed by atoms with Gasteiger partial charge in [-0.3, -0.25) is 4.79 Å². The van der Waals surface area contributed by atoms with Crippen molar-refractivity contribution < 1.29 is 17.9 Å². The van der Waals surface area contributed by atoms with E-state index in [0.29, 0.717) is 17.5 Å². The quantitative estimate of drug-likeness (QED) is 0.604. The van der Waals surface area contributed by atoms with Gasteiger partial charge in [0.05, 0.1) is 11.5 Å². The lowest BCUT2D eigenvalue weighted by molar-refractivity contribution is -0.143. The molecule has 1 rings (SSSR count). The van der Waals surface area contributed by atoms with E-state index in [4.69, 9.17) is 4.74 Å². The molecule has 0 heterocycles. The Morgan fingerprint density at radius 3 is 2.68 bits per heavy atom. The van der Waals surface area contributed by atoms with Gasteiger partial charge in [-0.25, -0.2) is 13.1 Å². The van der Waals surface area contributed by atoms with Crippen LogP contribution in [0.2, 0.25) is 0 Å². The molecule has 0 saturated carbocycles. The van der Waals surface area contributed by atoms with E-state index in [1.807, 2.05) is 0 Å². The fourth-order valence-corrected chi connectivity index (χ4v) is 3.49. The number of rotatable bonds is 7. The van der Waals surface area contributed by atoms with Gasteiger partial charge in [-0.15, -0.1) is 0 Å². The molecule has 0 spiro atoms. The van der Waals surface area contributed by atoms with Crippen LogP contribution in [0, 0.1) is 0 Å². The van der Waals surface area contributed by atoms with Crippen molar-refractivity contribution in [2.75, 3.05) is 13.2 Å². The summed E-state index contributed by atoms with van der Waals surface area (Å²) in [4.78, 5) is 11.3. The third-order valence-corrected chi connectivity index (χ3v) is 4.75. The molecular weight excluding hydrogens is 334 g/mol. The Kier molecular flexibility index (Phi) is 6.47. The third-order valence-electron chi connectivity index (χ3n) is 2.28. The van der Waals surface area contributed by atoms with Gasteiger partial charge in [0, 0.05) is 17.4 Å². The van der Waals surface area contributed by atoms with E-state index < -0.39 is 10.0 Å². The van der Waals surface area contributed by atoms with Crippen molar-refractivity contribution in [2.45, 2.75) is 24.7 Å². The summed E-state index contributed by atoms with van der Waals surface area (Å²) in [6.45, 7) is 2.26. The molecule has 0 aliphatic carbocycles. The first-order valence-electron chi connectivity index (χ1n) is 5.87. The van der Waals surface area contributed by atoms with Gasteiger partial charge in [-0.2, -0.15) is 0 Å². The summed E-state index contributed by atoms with van der Waals surface area (Å²) in [6, 6.07) is 6.56. The number of benzene rings is 1. The predicted molar refractivity (Wildman–Crippen MR) is 75.2 cm³/mol. The number of sulfonamides is 1. The second-order valence-corrected chi connectivity index (χ2v) is 6.33. The highest BCUT2D eigenvalue weighted by Gasteiger charge is 2.16. The summed E-state index contributed by atoms with van der Waals surface area (Å²) in [5.41, 5.74) is 0. The predicted octanol–water partition coefficient (Wildman–Crippen LogP) is 2.07. The minimum atomic E-state index is -3.55. The molecule has 1 N–H and O–H groups in total. The molecular formula is C12H16BrNO4S. The van der Waals surface area contributed by atoms with Gasteiger partial charge >= 0.3 is 5.97 Å². The molecule has 0 aliphatic rings. The summed E-state index contributed by atoms with van der Waals surface area (Å²) in [5, 5.41) is 0. The van der Waals surface area contributed by atoms with Gasteiger partial charge < -0.3 is 4.74 Å². The fraction of sp³-hybridized carbons (Fsp3) is 0.417. The Balaban J connectivity index is 2.49. The second-order valence-electron chi connectivity index (χ2n) is 3.74. The summed E-state index contributed by atoms with van der Waals surface area (Å²) >= 11 is 3.19. The zero-order valence-electron chi connectivity index (χ0n) is 10.6. The number of esters is 1. The molecule has 7 heteroatoms. The summed E-state index contributed by atoms with van der Waals surface area (Å²) in [5.74, 6) is -0.317. The highest BCUT2D eigenvalue weighted by molar-refractivity contribution is 9.10. The lowest BCUT2D eigenvalue weighted by atomic mass is 10.3. The molecule has 0 radical (unpaired) electrons. The number of carbonyl (C=O) groups is 1. The van der Waals surface area contributed by atoms with E-state index >= 15 is 0 Å². The van der Waals surface area contributed by atoms with Crippen molar-refractivity contribution in [3.8, 4) is 0 Å². The first kappa shape index (κ1) is 16.1. The van der Waals surface area contributed by atoms with E-state index in [1.165, 1.54) is 6.07 Å². The van der Waals surface area contributed by atoms with E-state index in [-0.39, 0.29) is 23.8 Å². The Morgan fingerprint density at radius 1 is 1.37 bits per heavy atom. The zero-order valence-corrected chi connectivity index (χ0v) is 13.0. The van der Waals surface area contributed by atoms with Crippen LogP contribution in [-0.2, 0) is 19.6 Å². The molecule has 19 heavy (non-hydrogen) atoms. The molecule has 0 atom stereocenters. The molecule has 0 fully saturated rings. The number of halogens is 1. The fourth-order valence-electron chi connectivity index (χ4n) is 1.41. The summed E-state index contributed by atoms with van der Waals surface area (Å²) < 4.78 is 31.6. The largest absolute Gasteiger partial charge is 0.466 e. The normalized spacial score (nSPS) is 11.3. The Morgan fingerprint density at radius 2 is 2.05 bits per heavy atom. The van der Waals surface area contributed by atoms with Crippen molar-refractivity contribution in [1.29, 1.82) is 0 Å². The molecule has 0 aromatic heterocycles. The van der Waals surface area contributed by atoms with Crippen LogP contribution >= 0.6 is 15.9 Å². The van der Waals surface area contributed by atoms with Crippen LogP contribution < -0.4 is 4.72 Å². The Bertz CT molecular complexity index is 530. The average Bonchev–Trinajstić information content (AvgIpc) is 2.35. The van der Waals surface area contributed by atoms with Gasteiger partial charge in [-0.1, -0.05) is 12.1 Å². The van der Waals surface area contributed by atoms with Crippen molar-refractivity contribution in [3.05, 3.63) is 28.7 Å². The van der Waals surface area contributed by atoms with Crippen LogP contribution in [0.25, 0.3) is 0 Å². The summed E-state index contributed by atoms with van der Waals surface area (Å²) in [7, 11) is -3.55. The van der Waals surface area contributed by atoms with Crippen molar-refractivity contribution >= 4 is 31.9 Å². The maximum Gasteiger partial charge on any atom is 0.305 e. The van der Waals surface area contributed by atoms with Crippen LogP contribution in [0.5, 0.6) is 0 Å². The maximum absolute atomic E-state index is 12.0. The lowest BCUT2D eigenvalue weighted by Crippen LogP contribution is -2.25. The van der Waals surface area contributed by atoms with Crippen molar-refractivity contribution in [3.63, 3.8) is 0 Å². The second kappa shape index (κ2) is 7.62. The topological polar surface area (TPSA) is 72.5 Å². The number of ether oxygens (including phenoxy) is 1. The number of hydrogen-bond acceptors (Lipinski definition) is 4. The standard InChI is InChI=1S/C12H16BrNO4S/c1-2-18-12(15)8-5-9-14-19(16,17)11-7-4-3-6-10(11)13/h3-4,6-7,14H,2,5,8-9H2,1H3. The van der Waals surface area contributed by atoms with Crippen LogP contribution in [0.15, 0.2) is 33.6 Å². The summed E-state index contributed by atoms with van der Waals surface area (Å²) in [6.07, 6.45) is 0.606. The van der Waals surface area contributed by atoms with E-state index in [0.717, 1.165) is 0 Å². The van der Waals surface area contributed by atoms with Crippen molar-refractivity contribution in [2.24, 2.45) is 0 Å². The van der Waals surface area contributed by atoms with E-state index in [2.05, 4.69) is 20.7 Å². The molecule has 1 aromatic rings. The Hall–Kier alpha value is -0.920. The molecule has 0 saturated heterocycles. The molecule has 0 unspecified atom stereocenters. The molecule has 5 nitrogen and oxygen atoms in total. The van der Waals surface area contributed by atoms with Gasteiger partial charge in [0.15, 0.2) is 0 Å². The number of nitrogens with one attached hydrogen (secondary N) is 1. The molecule has 0 amide bonds. The average molecular weight is 350 g/mol. The van der Waals surface area contributed by atoms with Gasteiger partial charge in [0.1, 0.15) is 0 Å². The van der Waals surface area contributed by atoms with E-state index in [1.54, 1.807) is 25.1 Å². The van der Waals surface area contributed by atoms with Crippen LogP contribution in [0.3, 0.4) is 0 Å². The SMILES string of the molecule is CCOC(=O)CCCNS(=O)(=O)c1ccccc1Br. The van der Waals surface area contributed by atoms with Crippen LogP contribution in [0.1, 0.15) is 19.8 Å². The lowest BCUT2D eigenvalue weighted by Gasteiger charge is -2.08. The van der Waals surface area contributed by atoms with Crippen LogP contribution in [0.4, 0.5) is 0 Å². The minimum absolute atomic E-state index is 0.186.